The Morgan fingerprint density at radius 3 is 2.52 bits per heavy atom. The minimum Gasteiger partial charge on any atom is -0.316 e. The van der Waals surface area contributed by atoms with E-state index in [-0.39, 0.29) is 11.4 Å². The largest absolute Gasteiger partial charge is 0.316 e. The van der Waals surface area contributed by atoms with Gasteiger partial charge in [0.1, 0.15) is 6.33 Å². The molecular formula is C13H19N5O2S. The second kappa shape index (κ2) is 6.79. The van der Waals surface area contributed by atoms with Crippen LogP contribution in [-0.2, 0) is 30.0 Å². The van der Waals surface area contributed by atoms with Crippen molar-refractivity contribution in [3.63, 3.8) is 0 Å². The van der Waals surface area contributed by atoms with Gasteiger partial charge < -0.3 is 5.32 Å². The first kappa shape index (κ1) is 15.6. The van der Waals surface area contributed by atoms with E-state index in [1.54, 1.807) is 42.3 Å². The molecule has 8 heteroatoms. The molecule has 2 N–H and O–H groups in total. The maximum Gasteiger partial charge on any atom is 0.240 e. The minimum atomic E-state index is -3.49. The molecule has 0 saturated carbocycles. The average Bonchev–Trinajstić information content (AvgIpc) is 2.85. The Balaban J connectivity index is 1.94. The van der Waals surface area contributed by atoms with Crippen molar-refractivity contribution in [2.45, 2.75) is 17.9 Å². The van der Waals surface area contributed by atoms with Crippen LogP contribution >= 0.6 is 0 Å². The molecule has 2 rings (SSSR count). The number of hydrogen-bond acceptors (Lipinski definition) is 5. The van der Waals surface area contributed by atoms with Crippen LogP contribution in [0.4, 0.5) is 0 Å². The fourth-order valence-electron chi connectivity index (χ4n) is 1.87. The van der Waals surface area contributed by atoms with Gasteiger partial charge >= 0.3 is 0 Å². The minimum absolute atomic E-state index is 0.260. The molecule has 0 aliphatic carbocycles. The Bertz CT molecular complexity index is 679. The molecule has 0 unspecified atom stereocenters. The maximum absolute atomic E-state index is 12.1. The van der Waals surface area contributed by atoms with E-state index in [4.69, 9.17) is 0 Å². The van der Waals surface area contributed by atoms with Crippen LogP contribution in [0.5, 0.6) is 0 Å². The van der Waals surface area contributed by atoms with Gasteiger partial charge in [-0.15, -0.1) is 0 Å². The summed E-state index contributed by atoms with van der Waals surface area (Å²) >= 11 is 0. The van der Waals surface area contributed by atoms with Crippen molar-refractivity contribution in [3.8, 4) is 0 Å². The molecule has 0 fully saturated rings. The maximum atomic E-state index is 12.1. The fourth-order valence-corrected chi connectivity index (χ4v) is 2.90. The summed E-state index contributed by atoms with van der Waals surface area (Å²) in [5, 5.41) is 7.11. The summed E-state index contributed by atoms with van der Waals surface area (Å²) in [6.45, 7) is 0.976. The lowest BCUT2D eigenvalue weighted by atomic mass is 10.2. The summed E-state index contributed by atoms with van der Waals surface area (Å²) in [6, 6.07) is 6.80. The van der Waals surface area contributed by atoms with Crippen molar-refractivity contribution in [1.82, 2.24) is 24.8 Å². The van der Waals surface area contributed by atoms with Gasteiger partial charge in [0.25, 0.3) is 0 Å². The Hall–Kier alpha value is -1.77. The van der Waals surface area contributed by atoms with Gasteiger partial charge in [0, 0.05) is 26.6 Å². The number of aryl methyl sites for hydroxylation is 1. The summed E-state index contributed by atoms with van der Waals surface area (Å²) in [7, 11) is 0.128. The van der Waals surface area contributed by atoms with E-state index < -0.39 is 10.0 Å². The van der Waals surface area contributed by atoms with Crippen LogP contribution in [0.25, 0.3) is 0 Å². The third-order valence-electron chi connectivity index (χ3n) is 2.90. The molecule has 114 valence electrons. The van der Waals surface area contributed by atoms with Gasteiger partial charge in [-0.3, -0.25) is 4.68 Å². The highest BCUT2D eigenvalue weighted by atomic mass is 32.2. The van der Waals surface area contributed by atoms with E-state index in [2.05, 4.69) is 20.1 Å². The Morgan fingerprint density at radius 1 is 1.24 bits per heavy atom. The van der Waals surface area contributed by atoms with Gasteiger partial charge in [0.05, 0.1) is 4.90 Å². The smallest absolute Gasteiger partial charge is 0.240 e. The molecule has 2 aromatic rings. The normalized spacial score (nSPS) is 11.7. The molecule has 1 aromatic carbocycles. The molecular weight excluding hydrogens is 290 g/mol. The van der Waals surface area contributed by atoms with Crippen molar-refractivity contribution in [2.75, 3.05) is 13.6 Å². The first-order valence-electron chi connectivity index (χ1n) is 6.59. The van der Waals surface area contributed by atoms with Crippen LogP contribution in [0.15, 0.2) is 35.5 Å². The molecule has 0 bridgehead atoms. The number of nitrogens with zero attached hydrogens (tertiary/aromatic N) is 3. The van der Waals surface area contributed by atoms with Crippen LogP contribution < -0.4 is 10.0 Å². The summed E-state index contributed by atoms with van der Waals surface area (Å²) in [6.07, 6.45) is 2.04. The molecule has 0 spiro atoms. The molecule has 0 radical (unpaired) electrons. The Kier molecular flexibility index (Phi) is 5.05. The lowest BCUT2D eigenvalue weighted by molar-refractivity contribution is 0.580. The zero-order valence-corrected chi connectivity index (χ0v) is 12.9. The SMILES string of the molecule is CNCc1ccc(S(=O)(=O)NCCc2ncn(C)n2)cc1. The second-order valence-electron chi connectivity index (χ2n) is 4.66. The monoisotopic (exact) mass is 309 g/mol. The van der Waals surface area contributed by atoms with Crippen molar-refractivity contribution < 1.29 is 8.42 Å². The lowest BCUT2D eigenvalue weighted by Crippen LogP contribution is -2.26. The third kappa shape index (κ3) is 4.35. The number of benzene rings is 1. The van der Waals surface area contributed by atoms with Crippen LogP contribution in [0.3, 0.4) is 0 Å². The summed E-state index contributed by atoms with van der Waals surface area (Å²) < 4.78 is 28.4. The predicted octanol–water partition coefficient (Wildman–Crippen LogP) is 0.0555. The highest BCUT2D eigenvalue weighted by Crippen LogP contribution is 2.10. The van der Waals surface area contributed by atoms with E-state index in [1.807, 2.05) is 7.05 Å². The first-order chi connectivity index (χ1) is 10.0. The Labute approximate surface area is 124 Å². The average molecular weight is 309 g/mol. The number of sulfonamides is 1. The molecule has 1 aromatic heterocycles. The molecule has 0 atom stereocenters. The molecule has 0 aliphatic heterocycles. The van der Waals surface area contributed by atoms with E-state index in [0.717, 1.165) is 5.56 Å². The molecule has 0 saturated heterocycles. The Morgan fingerprint density at radius 2 is 1.95 bits per heavy atom. The number of aromatic nitrogens is 3. The topological polar surface area (TPSA) is 88.9 Å². The summed E-state index contributed by atoms with van der Waals surface area (Å²) in [5.74, 6) is 0.615. The van der Waals surface area contributed by atoms with Gasteiger partial charge in [-0.2, -0.15) is 5.10 Å². The van der Waals surface area contributed by atoms with E-state index >= 15 is 0 Å². The fraction of sp³-hybridized carbons (Fsp3) is 0.385. The van der Waals surface area contributed by atoms with Gasteiger partial charge in [0.2, 0.25) is 10.0 Å². The summed E-state index contributed by atoms with van der Waals surface area (Å²) in [5.41, 5.74) is 1.04. The zero-order valence-electron chi connectivity index (χ0n) is 12.1. The van der Waals surface area contributed by atoms with Crippen LogP contribution in [0, 0.1) is 0 Å². The van der Waals surface area contributed by atoms with Gasteiger partial charge in [-0.05, 0) is 24.7 Å². The van der Waals surface area contributed by atoms with E-state index in [0.29, 0.717) is 18.8 Å². The number of nitrogens with one attached hydrogen (secondary N) is 2. The van der Waals surface area contributed by atoms with Crippen molar-refractivity contribution >= 4 is 10.0 Å². The van der Waals surface area contributed by atoms with Crippen LogP contribution in [-0.4, -0.2) is 36.8 Å². The number of hydrogen-bond donors (Lipinski definition) is 2. The second-order valence-corrected chi connectivity index (χ2v) is 6.42. The first-order valence-corrected chi connectivity index (χ1v) is 8.07. The van der Waals surface area contributed by atoms with Crippen molar-refractivity contribution in [1.29, 1.82) is 0 Å². The molecule has 0 amide bonds. The van der Waals surface area contributed by atoms with E-state index in [9.17, 15) is 8.42 Å². The standard InChI is InChI=1S/C13H19N5O2S/c1-14-9-11-3-5-12(6-4-11)21(19,20)16-8-7-13-15-10-18(2)17-13/h3-6,10,14,16H,7-9H2,1-2H3. The lowest BCUT2D eigenvalue weighted by Gasteiger charge is -2.07. The molecule has 0 aliphatic rings. The van der Waals surface area contributed by atoms with Crippen LogP contribution in [0.2, 0.25) is 0 Å². The van der Waals surface area contributed by atoms with Gasteiger partial charge in [0.15, 0.2) is 5.82 Å². The van der Waals surface area contributed by atoms with E-state index in [1.165, 1.54) is 0 Å². The third-order valence-corrected chi connectivity index (χ3v) is 4.38. The van der Waals surface area contributed by atoms with Crippen molar-refractivity contribution in [3.05, 3.63) is 42.0 Å². The zero-order chi connectivity index (χ0) is 15.3. The quantitative estimate of drug-likeness (QED) is 0.755. The molecule has 21 heavy (non-hydrogen) atoms. The van der Waals surface area contributed by atoms with Gasteiger partial charge in [-0.1, -0.05) is 12.1 Å². The van der Waals surface area contributed by atoms with Crippen molar-refractivity contribution in [2.24, 2.45) is 7.05 Å². The highest BCUT2D eigenvalue weighted by Gasteiger charge is 2.13. The van der Waals surface area contributed by atoms with Gasteiger partial charge in [-0.25, -0.2) is 18.1 Å². The molecule has 1 heterocycles. The van der Waals surface area contributed by atoms with Crippen LogP contribution in [0.1, 0.15) is 11.4 Å². The number of rotatable bonds is 7. The highest BCUT2D eigenvalue weighted by molar-refractivity contribution is 7.89. The predicted molar refractivity (Wildman–Crippen MR) is 79.1 cm³/mol. The molecule has 7 nitrogen and oxygen atoms in total. The summed E-state index contributed by atoms with van der Waals surface area (Å²) in [4.78, 5) is 4.31.